The molecule has 2 heteroatoms. The summed E-state index contributed by atoms with van der Waals surface area (Å²) in [5, 5.41) is 8.89. The largest absolute Gasteiger partial charge is 0.511 e. The molecule has 0 amide bonds. The number of hydrogen-bond acceptors (Lipinski definition) is 2. The van der Waals surface area contributed by atoms with E-state index in [9.17, 15) is 0 Å². The van der Waals surface area contributed by atoms with Crippen LogP contribution >= 0.6 is 0 Å². The topological polar surface area (TPSA) is 46.2 Å². The van der Waals surface area contributed by atoms with E-state index in [1.165, 1.54) is 12.8 Å². The Morgan fingerprint density at radius 3 is 2.70 bits per heavy atom. The van der Waals surface area contributed by atoms with Gasteiger partial charge in [0.2, 0.25) is 0 Å². The summed E-state index contributed by atoms with van der Waals surface area (Å²) in [6.45, 7) is 2.43. The van der Waals surface area contributed by atoms with E-state index in [2.05, 4.69) is 6.92 Å². The predicted molar refractivity (Wildman–Crippen MR) is 43.9 cm³/mol. The van der Waals surface area contributed by atoms with Crippen LogP contribution < -0.4 is 5.73 Å². The lowest BCUT2D eigenvalue weighted by atomic mass is 10.2. The lowest BCUT2D eigenvalue weighted by Crippen LogP contribution is -2.01. The molecule has 0 saturated carbocycles. The Bertz CT molecular complexity index is 99.4. The minimum absolute atomic E-state index is 0.270. The van der Waals surface area contributed by atoms with Crippen LogP contribution in [0.5, 0.6) is 0 Å². The summed E-state index contributed by atoms with van der Waals surface area (Å²) in [6, 6.07) is 0. The molecule has 0 heterocycles. The van der Waals surface area contributed by atoms with E-state index >= 15 is 0 Å². The zero-order valence-electron chi connectivity index (χ0n) is 6.64. The maximum Gasteiger partial charge on any atom is 0.102 e. The van der Waals surface area contributed by atoms with E-state index < -0.39 is 0 Å². The van der Waals surface area contributed by atoms with E-state index in [1.807, 2.05) is 0 Å². The van der Waals surface area contributed by atoms with Crippen LogP contribution in [0.4, 0.5) is 0 Å². The molecular formula is C8H17NO. The summed E-state index contributed by atoms with van der Waals surface area (Å²) in [5.41, 5.74) is 5.17. The first-order chi connectivity index (χ1) is 4.81. The van der Waals surface area contributed by atoms with Crippen LogP contribution in [0.25, 0.3) is 0 Å². The standard InChI is InChI=1S/C8H17NO/c1-2-3-4-5-6-8(10)7-9/h6,10H,2-5,7,9H2,1H3/b8-6-. The zero-order valence-corrected chi connectivity index (χ0v) is 6.64. The van der Waals surface area contributed by atoms with E-state index in [0.29, 0.717) is 5.76 Å². The maximum absolute atomic E-state index is 8.89. The lowest BCUT2D eigenvalue weighted by Gasteiger charge is -1.94. The van der Waals surface area contributed by atoms with Gasteiger partial charge >= 0.3 is 0 Å². The first kappa shape index (κ1) is 9.50. The van der Waals surface area contributed by atoms with Gasteiger partial charge in [0, 0.05) is 0 Å². The van der Waals surface area contributed by atoms with Crippen LogP contribution in [-0.2, 0) is 0 Å². The molecule has 0 radical (unpaired) electrons. The monoisotopic (exact) mass is 143 g/mol. The average Bonchev–Trinajstić information content (AvgIpc) is 1.98. The van der Waals surface area contributed by atoms with Gasteiger partial charge in [0.05, 0.1) is 6.54 Å². The molecule has 0 bridgehead atoms. The SMILES string of the molecule is CCCCC/C=C(\O)CN. The van der Waals surface area contributed by atoms with E-state index in [1.54, 1.807) is 6.08 Å². The smallest absolute Gasteiger partial charge is 0.102 e. The third-order valence-electron chi connectivity index (χ3n) is 1.40. The number of allylic oxidation sites excluding steroid dienone is 1. The Morgan fingerprint density at radius 1 is 1.50 bits per heavy atom. The van der Waals surface area contributed by atoms with Crippen LogP contribution in [0.1, 0.15) is 32.6 Å². The number of aliphatic hydroxyl groups is 1. The average molecular weight is 143 g/mol. The fourth-order valence-corrected chi connectivity index (χ4v) is 0.746. The van der Waals surface area contributed by atoms with Crippen LogP contribution in [0.3, 0.4) is 0 Å². The van der Waals surface area contributed by atoms with Gasteiger partial charge in [0.1, 0.15) is 5.76 Å². The van der Waals surface area contributed by atoms with Crippen molar-refractivity contribution in [3.8, 4) is 0 Å². The molecule has 0 saturated heterocycles. The Labute approximate surface area is 62.7 Å². The van der Waals surface area contributed by atoms with Crippen molar-refractivity contribution < 1.29 is 5.11 Å². The Hall–Kier alpha value is -0.500. The second-order valence-electron chi connectivity index (χ2n) is 2.40. The highest BCUT2D eigenvalue weighted by Gasteiger charge is 1.86. The molecule has 0 aliphatic carbocycles. The van der Waals surface area contributed by atoms with Crippen molar-refractivity contribution in [2.45, 2.75) is 32.6 Å². The molecule has 0 aromatic rings. The van der Waals surface area contributed by atoms with Gasteiger partial charge in [-0.15, -0.1) is 0 Å². The Kier molecular flexibility index (Phi) is 6.29. The molecule has 0 fully saturated rings. The minimum Gasteiger partial charge on any atom is -0.511 e. The summed E-state index contributed by atoms with van der Waals surface area (Å²) >= 11 is 0. The molecule has 10 heavy (non-hydrogen) atoms. The maximum atomic E-state index is 8.89. The molecule has 0 unspecified atom stereocenters. The fraction of sp³-hybridized carbons (Fsp3) is 0.750. The van der Waals surface area contributed by atoms with Gasteiger partial charge in [-0.2, -0.15) is 0 Å². The van der Waals surface area contributed by atoms with Gasteiger partial charge in [-0.1, -0.05) is 19.8 Å². The molecule has 3 N–H and O–H groups in total. The summed E-state index contributed by atoms with van der Waals surface area (Å²) in [5.74, 6) is 0.316. The fourth-order valence-electron chi connectivity index (χ4n) is 0.746. The van der Waals surface area contributed by atoms with Crippen molar-refractivity contribution in [3.05, 3.63) is 11.8 Å². The lowest BCUT2D eigenvalue weighted by molar-refractivity contribution is 0.400. The Balaban J connectivity index is 3.16. The van der Waals surface area contributed by atoms with Crippen LogP contribution in [0.15, 0.2) is 11.8 Å². The quantitative estimate of drug-likeness (QED) is 0.456. The van der Waals surface area contributed by atoms with E-state index in [4.69, 9.17) is 10.8 Å². The number of nitrogens with two attached hydrogens (primary N) is 1. The van der Waals surface area contributed by atoms with Gasteiger partial charge in [-0.05, 0) is 18.9 Å². The number of hydrogen-bond donors (Lipinski definition) is 2. The zero-order chi connectivity index (χ0) is 7.82. The molecule has 2 nitrogen and oxygen atoms in total. The van der Waals surface area contributed by atoms with Crippen LogP contribution in [0, 0.1) is 0 Å². The number of rotatable bonds is 5. The molecule has 0 aromatic heterocycles. The second kappa shape index (κ2) is 6.62. The molecule has 0 atom stereocenters. The molecule has 0 spiro atoms. The van der Waals surface area contributed by atoms with Gasteiger partial charge in [-0.3, -0.25) is 0 Å². The number of unbranched alkanes of at least 4 members (excludes halogenated alkanes) is 3. The van der Waals surface area contributed by atoms with Gasteiger partial charge in [0.25, 0.3) is 0 Å². The van der Waals surface area contributed by atoms with Gasteiger partial charge in [0.15, 0.2) is 0 Å². The van der Waals surface area contributed by atoms with Crippen molar-refractivity contribution in [3.63, 3.8) is 0 Å². The van der Waals surface area contributed by atoms with E-state index in [0.717, 1.165) is 12.8 Å². The van der Waals surface area contributed by atoms with Crippen molar-refractivity contribution in [1.82, 2.24) is 0 Å². The van der Waals surface area contributed by atoms with E-state index in [-0.39, 0.29) is 6.54 Å². The second-order valence-corrected chi connectivity index (χ2v) is 2.40. The van der Waals surface area contributed by atoms with Crippen molar-refractivity contribution in [1.29, 1.82) is 0 Å². The Morgan fingerprint density at radius 2 is 2.20 bits per heavy atom. The first-order valence-corrected chi connectivity index (χ1v) is 3.89. The highest BCUT2D eigenvalue weighted by Crippen LogP contribution is 2.00. The van der Waals surface area contributed by atoms with Crippen molar-refractivity contribution >= 4 is 0 Å². The van der Waals surface area contributed by atoms with Crippen molar-refractivity contribution in [2.75, 3.05) is 6.54 Å². The molecule has 0 aromatic carbocycles. The predicted octanol–water partition coefficient (Wildman–Crippen LogP) is 1.97. The highest BCUT2D eigenvalue weighted by molar-refractivity contribution is 4.91. The normalized spacial score (nSPS) is 12.0. The summed E-state index contributed by atoms with van der Waals surface area (Å²) < 4.78 is 0. The molecular weight excluding hydrogens is 126 g/mol. The van der Waals surface area contributed by atoms with Gasteiger partial charge < -0.3 is 10.8 Å². The van der Waals surface area contributed by atoms with Gasteiger partial charge in [-0.25, -0.2) is 0 Å². The summed E-state index contributed by atoms with van der Waals surface area (Å²) in [4.78, 5) is 0. The highest BCUT2D eigenvalue weighted by atomic mass is 16.3. The van der Waals surface area contributed by atoms with Crippen molar-refractivity contribution in [2.24, 2.45) is 5.73 Å². The molecule has 60 valence electrons. The summed E-state index contributed by atoms with van der Waals surface area (Å²) in [6.07, 6.45) is 6.36. The first-order valence-electron chi connectivity index (χ1n) is 3.89. The third-order valence-corrected chi connectivity index (χ3v) is 1.40. The minimum atomic E-state index is 0.270. The molecule has 0 rings (SSSR count). The van der Waals surface area contributed by atoms with Crippen LogP contribution in [0.2, 0.25) is 0 Å². The third kappa shape index (κ3) is 5.63. The molecule has 0 aliphatic rings. The summed E-state index contributed by atoms with van der Waals surface area (Å²) in [7, 11) is 0. The number of aliphatic hydroxyl groups excluding tert-OH is 1. The molecule has 0 aliphatic heterocycles. The van der Waals surface area contributed by atoms with Crippen LogP contribution in [-0.4, -0.2) is 11.7 Å².